The number of benzene rings is 2. The average Bonchev–Trinajstić information content (AvgIpc) is 3.00. The van der Waals surface area contributed by atoms with Crippen molar-refractivity contribution in [3.8, 4) is 5.75 Å². The smallest absolute Gasteiger partial charge is 0.255 e. The van der Waals surface area contributed by atoms with Gasteiger partial charge < -0.3 is 15.8 Å². The molecule has 3 N–H and O–H groups in total. The Balaban J connectivity index is 1.73. The monoisotopic (exact) mass is 338 g/mol. The maximum absolute atomic E-state index is 12.4. The summed E-state index contributed by atoms with van der Waals surface area (Å²) in [6, 6.07) is 14.8. The van der Waals surface area contributed by atoms with Gasteiger partial charge in [-0.1, -0.05) is 24.3 Å². The topological polar surface area (TPSA) is 64.3 Å². The van der Waals surface area contributed by atoms with Gasteiger partial charge in [-0.3, -0.25) is 4.79 Å². The van der Waals surface area contributed by atoms with E-state index in [-0.39, 0.29) is 5.91 Å². The van der Waals surface area contributed by atoms with Crippen molar-refractivity contribution in [3.05, 3.63) is 76.0 Å². The molecule has 3 aromatic rings. The number of ether oxygens (including phenoxy) is 1. The summed E-state index contributed by atoms with van der Waals surface area (Å²) in [5.74, 6) is 0.516. The number of hydrogen-bond acceptors (Lipinski definition) is 4. The lowest BCUT2D eigenvalue weighted by Crippen LogP contribution is -2.12. The molecule has 0 unspecified atom stereocenters. The van der Waals surface area contributed by atoms with Crippen LogP contribution in [0.5, 0.6) is 5.75 Å². The van der Waals surface area contributed by atoms with Gasteiger partial charge in [0.05, 0.1) is 0 Å². The summed E-state index contributed by atoms with van der Waals surface area (Å²) in [6.07, 6.45) is 0. The van der Waals surface area contributed by atoms with Gasteiger partial charge in [0, 0.05) is 27.9 Å². The molecule has 0 atom stereocenters. The molecule has 1 heterocycles. The van der Waals surface area contributed by atoms with E-state index in [9.17, 15) is 4.79 Å². The molecule has 3 rings (SSSR count). The van der Waals surface area contributed by atoms with Crippen molar-refractivity contribution in [2.45, 2.75) is 13.5 Å². The molecule has 0 aliphatic heterocycles. The third-order valence-corrected chi connectivity index (χ3v) is 4.45. The van der Waals surface area contributed by atoms with Gasteiger partial charge in [-0.05, 0) is 42.1 Å². The number of rotatable bonds is 5. The number of carbonyl (C=O) groups is 1. The summed E-state index contributed by atoms with van der Waals surface area (Å²) in [5, 5.41) is 6.72. The van der Waals surface area contributed by atoms with Gasteiger partial charge in [-0.25, -0.2) is 0 Å². The number of aryl methyl sites for hydroxylation is 1. The minimum absolute atomic E-state index is 0.166. The van der Waals surface area contributed by atoms with Crippen LogP contribution in [0.3, 0.4) is 0 Å². The first kappa shape index (κ1) is 16.1. The van der Waals surface area contributed by atoms with Crippen LogP contribution >= 0.6 is 11.3 Å². The predicted octanol–water partition coefficient (Wildman–Crippen LogP) is 4.47. The van der Waals surface area contributed by atoms with Gasteiger partial charge in [0.15, 0.2) is 0 Å². The lowest BCUT2D eigenvalue weighted by molar-refractivity contribution is 0.102. The minimum atomic E-state index is -0.166. The number of anilines is 2. The molecule has 0 aliphatic carbocycles. The Labute approximate surface area is 144 Å². The molecular weight excluding hydrogens is 320 g/mol. The SMILES string of the molecule is Cc1ccc(C(=O)Nc2ccccc2)cc1OCc1cscc1N. The van der Waals surface area contributed by atoms with Gasteiger partial charge in [-0.2, -0.15) is 0 Å². The van der Waals surface area contributed by atoms with Crippen molar-refractivity contribution in [3.63, 3.8) is 0 Å². The van der Waals surface area contributed by atoms with Crippen LogP contribution < -0.4 is 15.8 Å². The molecule has 2 aromatic carbocycles. The fourth-order valence-electron chi connectivity index (χ4n) is 2.23. The molecule has 1 aromatic heterocycles. The molecule has 0 radical (unpaired) electrons. The molecule has 122 valence electrons. The molecule has 0 fully saturated rings. The first-order chi connectivity index (χ1) is 11.6. The van der Waals surface area contributed by atoms with Crippen LogP contribution in [0, 0.1) is 6.92 Å². The second-order valence-electron chi connectivity index (χ2n) is 5.44. The van der Waals surface area contributed by atoms with E-state index in [1.165, 1.54) is 0 Å². The lowest BCUT2D eigenvalue weighted by Gasteiger charge is -2.11. The fourth-order valence-corrected chi connectivity index (χ4v) is 2.96. The molecule has 24 heavy (non-hydrogen) atoms. The second-order valence-corrected chi connectivity index (χ2v) is 6.19. The zero-order valence-corrected chi connectivity index (χ0v) is 14.1. The molecule has 0 bridgehead atoms. The number of amides is 1. The molecule has 0 aliphatic rings. The highest BCUT2D eigenvalue weighted by atomic mass is 32.1. The predicted molar refractivity (Wildman–Crippen MR) is 98.6 cm³/mol. The van der Waals surface area contributed by atoms with E-state index in [0.717, 1.165) is 22.5 Å². The number of thiophene rings is 1. The van der Waals surface area contributed by atoms with Gasteiger partial charge >= 0.3 is 0 Å². The van der Waals surface area contributed by atoms with E-state index in [4.69, 9.17) is 10.5 Å². The zero-order chi connectivity index (χ0) is 16.9. The Bertz CT molecular complexity index is 844. The van der Waals surface area contributed by atoms with E-state index in [1.807, 2.05) is 54.1 Å². The lowest BCUT2D eigenvalue weighted by atomic mass is 10.1. The van der Waals surface area contributed by atoms with Crippen molar-refractivity contribution in [1.29, 1.82) is 0 Å². The number of hydrogen-bond donors (Lipinski definition) is 2. The quantitative estimate of drug-likeness (QED) is 0.721. The minimum Gasteiger partial charge on any atom is -0.488 e. The van der Waals surface area contributed by atoms with Gasteiger partial charge in [0.2, 0.25) is 0 Å². The standard InChI is InChI=1S/C19H18N2O2S/c1-13-7-8-14(19(22)21-16-5-3-2-4-6-16)9-18(13)23-10-15-11-24-12-17(15)20/h2-9,11-12H,10,20H2,1H3,(H,21,22). The number of carbonyl (C=O) groups excluding carboxylic acids is 1. The molecule has 5 heteroatoms. The summed E-state index contributed by atoms with van der Waals surface area (Å²) in [7, 11) is 0. The molecule has 0 saturated carbocycles. The van der Waals surface area contributed by atoms with Gasteiger partial charge in [0.25, 0.3) is 5.91 Å². The Morgan fingerprint density at radius 2 is 1.96 bits per heavy atom. The van der Waals surface area contributed by atoms with E-state index in [1.54, 1.807) is 23.5 Å². The van der Waals surface area contributed by atoms with Gasteiger partial charge in [-0.15, -0.1) is 11.3 Å². The summed E-state index contributed by atoms with van der Waals surface area (Å²) >= 11 is 1.55. The number of nitrogen functional groups attached to an aromatic ring is 1. The number of nitrogens with one attached hydrogen (secondary N) is 1. The maximum Gasteiger partial charge on any atom is 0.255 e. The molecule has 0 saturated heterocycles. The van der Waals surface area contributed by atoms with Crippen LogP contribution in [0.2, 0.25) is 0 Å². The van der Waals surface area contributed by atoms with Crippen LogP contribution in [0.25, 0.3) is 0 Å². The number of para-hydroxylation sites is 1. The van der Waals surface area contributed by atoms with E-state index in [0.29, 0.717) is 17.9 Å². The van der Waals surface area contributed by atoms with E-state index in [2.05, 4.69) is 5.32 Å². The van der Waals surface area contributed by atoms with Crippen LogP contribution in [0.15, 0.2) is 59.3 Å². The Morgan fingerprint density at radius 1 is 1.17 bits per heavy atom. The fraction of sp³-hybridized carbons (Fsp3) is 0.105. The van der Waals surface area contributed by atoms with Crippen molar-refractivity contribution < 1.29 is 9.53 Å². The Kier molecular flexibility index (Phi) is 4.82. The third kappa shape index (κ3) is 3.75. The summed E-state index contributed by atoms with van der Waals surface area (Å²) in [4.78, 5) is 12.4. The van der Waals surface area contributed by atoms with Crippen LogP contribution in [0.4, 0.5) is 11.4 Å². The zero-order valence-electron chi connectivity index (χ0n) is 13.3. The third-order valence-electron chi connectivity index (χ3n) is 3.64. The second kappa shape index (κ2) is 7.19. The highest BCUT2D eigenvalue weighted by Gasteiger charge is 2.10. The molecule has 0 spiro atoms. The van der Waals surface area contributed by atoms with Crippen molar-refractivity contribution in [2.24, 2.45) is 0 Å². The molecular formula is C19H18N2O2S. The van der Waals surface area contributed by atoms with Crippen molar-refractivity contribution >= 4 is 28.6 Å². The highest BCUT2D eigenvalue weighted by molar-refractivity contribution is 7.08. The normalized spacial score (nSPS) is 10.4. The molecule has 1 amide bonds. The first-order valence-electron chi connectivity index (χ1n) is 7.54. The highest BCUT2D eigenvalue weighted by Crippen LogP contribution is 2.24. The summed E-state index contributed by atoms with van der Waals surface area (Å²) in [5.41, 5.74) is 9.85. The van der Waals surface area contributed by atoms with Gasteiger partial charge in [0.1, 0.15) is 12.4 Å². The van der Waals surface area contributed by atoms with Crippen LogP contribution in [0.1, 0.15) is 21.5 Å². The first-order valence-corrected chi connectivity index (χ1v) is 8.48. The summed E-state index contributed by atoms with van der Waals surface area (Å²) < 4.78 is 5.85. The Hall–Kier alpha value is -2.79. The number of nitrogens with two attached hydrogens (primary N) is 1. The largest absolute Gasteiger partial charge is 0.488 e. The molecule has 4 nitrogen and oxygen atoms in total. The van der Waals surface area contributed by atoms with Crippen LogP contribution in [-0.4, -0.2) is 5.91 Å². The summed E-state index contributed by atoms with van der Waals surface area (Å²) in [6.45, 7) is 2.34. The average molecular weight is 338 g/mol. The maximum atomic E-state index is 12.4. The van der Waals surface area contributed by atoms with E-state index >= 15 is 0 Å². The van der Waals surface area contributed by atoms with Crippen molar-refractivity contribution in [1.82, 2.24) is 0 Å². The van der Waals surface area contributed by atoms with Crippen LogP contribution in [-0.2, 0) is 6.61 Å². The van der Waals surface area contributed by atoms with Crippen molar-refractivity contribution in [2.75, 3.05) is 11.1 Å². The Morgan fingerprint density at radius 3 is 2.67 bits per heavy atom. The van der Waals surface area contributed by atoms with E-state index < -0.39 is 0 Å².